The van der Waals surface area contributed by atoms with Gasteiger partial charge in [0, 0.05) is 51.4 Å². The molecule has 38 heavy (non-hydrogen) atoms. The van der Waals surface area contributed by atoms with Gasteiger partial charge in [0.2, 0.25) is 11.9 Å². The van der Waals surface area contributed by atoms with Crippen molar-refractivity contribution in [3.63, 3.8) is 0 Å². The van der Waals surface area contributed by atoms with Crippen molar-refractivity contribution in [2.45, 2.75) is 24.9 Å². The van der Waals surface area contributed by atoms with Crippen molar-refractivity contribution in [1.82, 2.24) is 29.8 Å². The first-order valence-electron chi connectivity index (χ1n) is 12.8. The summed E-state index contributed by atoms with van der Waals surface area (Å²) in [6, 6.07) is 8.57. The minimum absolute atomic E-state index is 0.271. The van der Waals surface area contributed by atoms with Gasteiger partial charge >= 0.3 is 0 Å². The lowest BCUT2D eigenvalue weighted by atomic mass is 10.1. The Labute approximate surface area is 225 Å². The van der Waals surface area contributed by atoms with E-state index in [1.165, 1.54) is 10.7 Å². The van der Waals surface area contributed by atoms with Crippen molar-refractivity contribution in [1.29, 1.82) is 10.5 Å². The average Bonchev–Trinajstić information content (AvgIpc) is 3.66. The summed E-state index contributed by atoms with van der Waals surface area (Å²) >= 11 is 6.91. The van der Waals surface area contributed by atoms with Gasteiger partial charge in [-0.25, -0.2) is 0 Å². The fourth-order valence-corrected chi connectivity index (χ4v) is 5.13. The van der Waals surface area contributed by atoms with Crippen LogP contribution in [0.15, 0.2) is 18.3 Å². The molecule has 3 aliphatic rings. The van der Waals surface area contributed by atoms with Crippen LogP contribution in [0.3, 0.4) is 0 Å². The van der Waals surface area contributed by atoms with Crippen LogP contribution in [0.4, 0.5) is 23.3 Å². The van der Waals surface area contributed by atoms with Crippen molar-refractivity contribution >= 4 is 40.5 Å². The van der Waals surface area contributed by atoms with E-state index < -0.39 is 0 Å². The molecule has 12 nitrogen and oxygen atoms in total. The molecule has 2 aliphatic heterocycles. The number of ether oxygens (including phenoxy) is 1. The lowest BCUT2D eigenvalue weighted by molar-refractivity contribution is 0.0610. The van der Waals surface area contributed by atoms with Crippen LogP contribution in [-0.4, -0.2) is 89.0 Å². The molecule has 0 spiro atoms. The number of nitrogens with one attached hydrogen (secondary N) is 3. The van der Waals surface area contributed by atoms with Gasteiger partial charge in [-0.1, -0.05) is 11.6 Å². The Morgan fingerprint density at radius 3 is 2.68 bits per heavy atom. The van der Waals surface area contributed by atoms with Crippen LogP contribution in [0.5, 0.6) is 0 Å². The monoisotopic (exact) mass is 533 g/mol. The number of morpholine rings is 1. The molecule has 1 aliphatic carbocycles. The predicted octanol–water partition coefficient (Wildman–Crippen LogP) is 1.95. The highest BCUT2D eigenvalue weighted by molar-refractivity contribution is 6.36. The Kier molecular flexibility index (Phi) is 6.87. The van der Waals surface area contributed by atoms with Crippen molar-refractivity contribution in [3.05, 3.63) is 34.5 Å². The number of hydrogen-bond acceptors (Lipinski definition) is 11. The number of fused-ring (bicyclic) bond motifs is 1. The normalized spacial score (nSPS) is 20.2. The maximum atomic E-state index is 9.74. The number of rotatable bonds is 7. The van der Waals surface area contributed by atoms with E-state index in [1.807, 2.05) is 6.07 Å². The zero-order valence-corrected chi connectivity index (χ0v) is 21.6. The molecule has 3 N–H and O–H groups in total. The number of anilines is 4. The summed E-state index contributed by atoms with van der Waals surface area (Å²) in [5.41, 5.74) is 2.56. The van der Waals surface area contributed by atoms with E-state index >= 15 is 0 Å². The van der Waals surface area contributed by atoms with E-state index in [4.69, 9.17) is 16.3 Å². The molecular formula is C25H28ClN11O. The highest BCUT2D eigenvalue weighted by Crippen LogP contribution is 2.36. The van der Waals surface area contributed by atoms with E-state index in [-0.39, 0.29) is 5.95 Å². The first kappa shape index (κ1) is 24.6. The van der Waals surface area contributed by atoms with E-state index in [0.717, 1.165) is 71.0 Å². The highest BCUT2D eigenvalue weighted by Gasteiger charge is 2.26. The van der Waals surface area contributed by atoms with E-state index in [0.29, 0.717) is 45.5 Å². The van der Waals surface area contributed by atoms with Gasteiger partial charge in [-0.3, -0.25) is 4.90 Å². The largest absolute Gasteiger partial charge is 0.378 e. The highest BCUT2D eigenvalue weighted by atomic mass is 35.5. The molecule has 0 bridgehead atoms. The fraction of sp³-hybridized carbons (Fsp3) is 0.480. The van der Waals surface area contributed by atoms with Crippen LogP contribution < -0.4 is 20.9 Å². The summed E-state index contributed by atoms with van der Waals surface area (Å²) in [4.78, 5) is 13.8. The lowest BCUT2D eigenvalue weighted by Crippen LogP contribution is -2.53. The molecule has 4 heterocycles. The van der Waals surface area contributed by atoms with Gasteiger partial charge in [0.05, 0.1) is 47.4 Å². The van der Waals surface area contributed by atoms with E-state index in [1.54, 1.807) is 6.07 Å². The summed E-state index contributed by atoms with van der Waals surface area (Å²) in [6.45, 7) is 6.72. The summed E-state index contributed by atoms with van der Waals surface area (Å²) in [6.07, 6.45) is 3.58. The molecular weight excluding hydrogens is 506 g/mol. The van der Waals surface area contributed by atoms with Gasteiger partial charge in [-0.2, -0.15) is 30.1 Å². The minimum Gasteiger partial charge on any atom is -0.378 e. The fourth-order valence-electron chi connectivity index (χ4n) is 4.85. The van der Waals surface area contributed by atoms with Crippen molar-refractivity contribution < 1.29 is 4.74 Å². The quantitative estimate of drug-likeness (QED) is 0.410. The number of benzene rings is 1. The first-order valence-corrected chi connectivity index (χ1v) is 13.2. The molecule has 3 aromatic rings. The van der Waals surface area contributed by atoms with Crippen molar-refractivity contribution in [2.75, 3.05) is 68.0 Å². The Balaban J connectivity index is 1.24. The standard InChI is InChI=1S/C25H28ClN11O/c26-22-20(32-24-33-23-17(12-28)13-30-37(23)25(34-24)31-18-1-2-18)9-16(11-27)10-21(22)36-6-4-35(5-7-36)14-19-15-38-8-3-29-19/h9-10,13,18-19,29H,1-8,14-15H2,(H2,31,32,33,34)/t19-/m1/s1. The smallest absolute Gasteiger partial charge is 0.232 e. The number of nitrogens with zero attached hydrogens (tertiary/aromatic N) is 8. The number of piperazine rings is 1. The Hall–Kier alpha value is -3.68. The summed E-state index contributed by atoms with van der Waals surface area (Å²) in [5, 5.41) is 34.1. The average molecular weight is 534 g/mol. The van der Waals surface area contributed by atoms with Crippen LogP contribution in [0.2, 0.25) is 5.02 Å². The minimum atomic E-state index is 0.271. The topological polar surface area (TPSA) is 142 Å². The zero-order chi connectivity index (χ0) is 26.1. The van der Waals surface area contributed by atoms with Crippen LogP contribution in [-0.2, 0) is 4.74 Å². The number of nitriles is 2. The SMILES string of the molecule is N#Cc1cc(Nc2nc(NC3CC3)n3ncc(C#N)c3n2)c(Cl)c(N2CCN(C[C@@H]3COCCN3)CC2)c1. The van der Waals surface area contributed by atoms with Gasteiger partial charge < -0.3 is 25.6 Å². The predicted molar refractivity (Wildman–Crippen MR) is 143 cm³/mol. The second-order valence-corrected chi connectivity index (χ2v) is 10.2. The molecule has 1 aromatic carbocycles. The summed E-state index contributed by atoms with van der Waals surface area (Å²) in [5.74, 6) is 0.774. The molecule has 0 radical (unpaired) electrons. The van der Waals surface area contributed by atoms with E-state index in [9.17, 15) is 10.5 Å². The van der Waals surface area contributed by atoms with Crippen molar-refractivity contribution in [3.8, 4) is 12.1 Å². The third-order valence-corrected chi connectivity index (χ3v) is 7.42. The van der Waals surface area contributed by atoms with Crippen LogP contribution >= 0.6 is 11.6 Å². The van der Waals surface area contributed by atoms with Crippen LogP contribution in [0, 0.1) is 22.7 Å². The van der Waals surface area contributed by atoms with Gasteiger partial charge in [0.1, 0.15) is 11.6 Å². The second kappa shape index (κ2) is 10.6. The molecule has 0 amide bonds. The molecule has 2 aromatic heterocycles. The van der Waals surface area contributed by atoms with Crippen LogP contribution in [0.1, 0.15) is 24.0 Å². The molecule has 2 saturated heterocycles. The molecule has 13 heteroatoms. The lowest BCUT2D eigenvalue weighted by Gasteiger charge is -2.38. The van der Waals surface area contributed by atoms with E-state index in [2.05, 4.69) is 53.0 Å². The van der Waals surface area contributed by atoms with Gasteiger partial charge in [-0.15, -0.1) is 0 Å². The molecule has 6 rings (SSSR count). The molecule has 1 atom stereocenters. The number of aromatic nitrogens is 4. The van der Waals surface area contributed by atoms with Gasteiger partial charge in [0.15, 0.2) is 5.65 Å². The Bertz CT molecular complexity index is 1410. The second-order valence-electron chi connectivity index (χ2n) is 9.80. The van der Waals surface area contributed by atoms with Gasteiger partial charge in [-0.05, 0) is 25.0 Å². The number of halogens is 1. The third-order valence-electron chi connectivity index (χ3n) is 7.02. The third kappa shape index (κ3) is 5.17. The molecule has 1 saturated carbocycles. The molecule has 3 fully saturated rings. The van der Waals surface area contributed by atoms with Crippen LogP contribution in [0.25, 0.3) is 5.65 Å². The first-order chi connectivity index (χ1) is 18.6. The Morgan fingerprint density at radius 1 is 1.13 bits per heavy atom. The zero-order valence-electron chi connectivity index (χ0n) is 20.8. The van der Waals surface area contributed by atoms with Crippen molar-refractivity contribution in [2.24, 2.45) is 0 Å². The maximum absolute atomic E-state index is 9.74. The summed E-state index contributed by atoms with van der Waals surface area (Å²) in [7, 11) is 0. The number of hydrogen-bond donors (Lipinski definition) is 3. The molecule has 196 valence electrons. The van der Waals surface area contributed by atoms with Gasteiger partial charge in [0.25, 0.3) is 0 Å². The summed E-state index contributed by atoms with van der Waals surface area (Å²) < 4.78 is 7.13. The molecule has 0 unspecified atom stereocenters. The Morgan fingerprint density at radius 2 is 1.97 bits per heavy atom. The maximum Gasteiger partial charge on any atom is 0.232 e.